The molecule has 144 valence electrons. The summed E-state index contributed by atoms with van der Waals surface area (Å²) in [6.45, 7) is 4.81. The van der Waals surface area contributed by atoms with Crippen molar-refractivity contribution in [1.29, 1.82) is 0 Å². The number of hydrogen-bond acceptors (Lipinski definition) is 6. The predicted octanol–water partition coefficient (Wildman–Crippen LogP) is 1.93. The van der Waals surface area contributed by atoms with Crippen LogP contribution in [0.2, 0.25) is 0 Å². The van der Waals surface area contributed by atoms with E-state index in [4.69, 9.17) is 5.73 Å². The topological polar surface area (TPSA) is 91.1 Å². The van der Waals surface area contributed by atoms with Gasteiger partial charge >= 0.3 is 0 Å². The Morgan fingerprint density at radius 1 is 1.18 bits per heavy atom. The molecule has 0 amide bonds. The van der Waals surface area contributed by atoms with Gasteiger partial charge in [-0.3, -0.25) is 14.7 Å². The Balaban J connectivity index is 1.31. The van der Waals surface area contributed by atoms with Crippen molar-refractivity contribution in [3.8, 4) is 0 Å². The minimum absolute atomic E-state index is 0.0121. The smallest absolute Gasteiger partial charge is 0.251 e. The van der Waals surface area contributed by atoms with Crippen LogP contribution in [0.25, 0.3) is 11.0 Å². The highest BCUT2D eigenvalue weighted by atomic mass is 16.1. The van der Waals surface area contributed by atoms with Crippen molar-refractivity contribution in [2.24, 2.45) is 0 Å². The summed E-state index contributed by atoms with van der Waals surface area (Å²) in [6.07, 6.45) is 5.69. The summed E-state index contributed by atoms with van der Waals surface area (Å²) >= 11 is 0. The van der Waals surface area contributed by atoms with Gasteiger partial charge in [0.2, 0.25) is 0 Å². The lowest BCUT2D eigenvalue weighted by molar-refractivity contribution is 0.234. The first-order chi connectivity index (χ1) is 13.6. The van der Waals surface area contributed by atoms with E-state index in [0.717, 1.165) is 47.5 Å². The molecule has 7 nitrogen and oxygen atoms in total. The molecule has 0 spiro atoms. The number of nitrogens with one attached hydrogen (secondary N) is 1. The Labute approximate surface area is 163 Å². The number of aryl methyl sites for hydroxylation is 1. The van der Waals surface area contributed by atoms with Crippen LogP contribution in [0.15, 0.2) is 41.5 Å². The quantitative estimate of drug-likeness (QED) is 0.723. The van der Waals surface area contributed by atoms with Gasteiger partial charge in [0.05, 0.1) is 22.9 Å². The number of piperazine rings is 1. The Kier molecular flexibility index (Phi) is 4.05. The van der Waals surface area contributed by atoms with Crippen LogP contribution in [-0.2, 0) is 13.0 Å². The van der Waals surface area contributed by atoms with E-state index in [-0.39, 0.29) is 5.56 Å². The monoisotopic (exact) mass is 376 g/mol. The van der Waals surface area contributed by atoms with Crippen molar-refractivity contribution in [2.75, 3.05) is 23.7 Å². The van der Waals surface area contributed by atoms with Crippen molar-refractivity contribution in [3.05, 3.63) is 58.1 Å². The van der Waals surface area contributed by atoms with Gasteiger partial charge in [-0.15, -0.1) is 0 Å². The van der Waals surface area contributed by atoms with Gasteiger partial charge in [-0.05, 0) is 42.7 Å². The zero-order valence-electron chi connectivity index (χ0n) is 15.9. The third-order valence-corrected chi connectivity index (χ3v) is 5.92. The van der Waals surface area contributed by atoms with Gasteiger partial charge in [-0.1, -0.05) is 6.92 Å². The van der Waals surface area contributed by atoms with Gasteiger partial charge in [-0.25, -0.2) is 4.98 Å². The maximum absolute atomic E-state index is 12.1. The van der Waals surface area contributed by atoms with Gasteiger partial charge in [0.15, 0.2) is 0 Å². The molecule has 0 unspecified atom stereocenters. The summed E-state index contributed by atoms with van der Waals surface area (Å²) in [7, 11) is 0. The molecule has 3 aromatic rings. The molecule has 1 aliphatic heterocycles. The number of aromatic nitrogens is 3. The standard InChI is InChI=1S/C21H24N6O/c1-2-14-8-16-17(25-21(14)28)7-13(10-23-16)12-26-5-6-27(19-9-18(19)26)15-3-4-20(22)24-11-15/h3-4,7-8,10-11,18-19H,2,5-6,9,12H2,1H3,(H2,22,24)(H,25,28)/t18-,19+/m1/s1. The molecule has 2 fully saturated rings. The number of hydrogen-bond donors (Lipinski definition) is 2. The zero-order chi connectivity index (χ0) is 19.3. The number of fused-ring (bicyclic) bond motifs is 2. The SMILES string of the molecule is CCc1cc2ncc(CN3CCN(c4ccc(N)nc4)[C@H]4C[C@H]43)cc2[nH]c1=O. The van der Waals surface area contributed by atoms with E-state index in [2.05, 4.69) is 36.9 Å². The summed E-state index contributed by atoms with van der Waals surface area (Å²) in [5, 5.41) is 0. The molecule has 2 aliphatic rings. The largest absolute Gasteiger partial charge is 0.384 e. The number of nitrogens with zero attached hydrogens (tertiary/aromatic N) is 4. The lowest BCUT2D eigenvalue weighted by Gasteiger charge is -2.35. The highest BCUT2D eigenvalue weighted by Gasteiger charge is 2.48. The summed E-state index contributed by atoms with van der Waals surface area (Å²) < 4.78 is 0. The van der Waals surface area contributed by atoms with E-state index < -0.39 is 0 Å². The molecule has 1 aliphatic carbocycles. The third-order valence-electron chi connectivity index (χ3n) is 5.92. The van der Waals surface area contributed by atoms with Gasteiger partial charge in [-0.2, -0.15) is 0 Å². The Morgan fingerprint density at radius 2 is 2.07 bits per heavy atom. The minimum atomic E-state index is -0.0121. The third kappa shape index (κ3) is 3.01. The van der Waals surface area contributed by atoms with Crippen LogP contribution in [0.1, 0.15) is 24.5 Å². The van der Waals surface area contributed by atoms with E-state index in [1.54, 1.807) is 0 Å². The van der Waals surface area contributed by atoms with Crippen molar-refractivity contribution >= 4 is 22.5 Å². The van der Waals surface area contributed by atoms with Crippen LogP contribution in [-0.4, -0.2) is 45.0 Å². The molecule has 28 heavy (non-hydrogen) atoms. The number of pyridine rings is 3. The molecule has 3 aromatic heterocycles. The highest BCUT2D eigenvalue weighted by molar-refractivity contribution is 5.74. The number of nitrogens with two attached hydrogens (primary N) is 1. The highest BCUT2D eigenvalue weighted by Crippen LogP contribution is 2.40. The maximum atomic E-state index is 12.1. The van der Waals surface area contributed by atoms with Gasteiger partial charge in [0.1, 0.15) is 5.82 Å². The lowest BCUT2D eigenvalue weighted by atomic mass is 10.1. The second-order valence-electron chi connectivity index (χ2n) is 7.73. The average molecular weight is 376 g/mol. The number of aromatic amines is 1. The van der Waals surface area contributed by atoms with Crippen LogP contribution in [0.5, 0.6) is 0 Å². The number of H-pyrrole nitrogens is 1. The van der Waals surface area contributed by atoms with Crippen LogP contribution in [0.4, 0.5) is 11.5 Å². The molecule has 5 rings (SSSR count). The van der Waals surface area contributed by atoms with Gasteiger partial charge in [0, 0.05) is 43.5 Å². The van der Waals surface area contributed by atoms with Crippen molar-refractivity contribution in [2.45, 2.75) is 38.4 Å². The molecule has 2 atom stereocenters. The van der Waals surface area contributed by atoms with Crippen molar-refractivity contribution in [1.82, 2.24) is 19.9 Å². The first-order valence-electron chi connectivity index (χ1n) is 9.85. The van der Waals surface area contributed by atoms with Crippen LogP contribution < -0.4 is 16.2 Å². The first kappa shape index (κ1) is 17.2. The van der Waals surface area contributed by atoms with Crippen LogP contribution in [0.3, 0.4) is 0 Å². The Bertz CT molecular complexity index is 1080. The van der Waals surface area contributed by atoms with Crippen LogP contribution in [0, 0.1) is 0 Å². The average Bonchev–Trinajstić information content (AvgIpc) is 3.50. The minimum Gasteiger partial charge on any atom is -0.384 e. The van der Waals surface area contributed by atoms with E-state index >= 15 is 0 Å². The molecular formula is C21H24N6O. The second kappa shape index (κ2) is 6.60. The van der Waals surface area contributed by atoms with E-state index in [1.807, 2.05) is 31.5 Å². The number of nitrogen functional groups attached to an aromatic ring is 1. The number of rotatable bonds is 4. The molecule has 3 N–H and O–H groups in total. The zero-order valence-corrected chi connectivity index (χ0v) is 15.9. The van der Waals surface area contributed by atoms with E-state index in [9.17, 15) is 4.79 Å². The summed E-state index contributed by atoms with van der Waals surface area (Å²) in [5.74, 6) is 0.558. The summed E-state index contributed by atoms with van der Waals surface area (Å²) in [5.41, 5.74) is 10.4. The fraction of sp³-hybridized carbons (Fsp3) is 0.381. The Hall–Kier alpha value is -2.93. The molecule has 0 bridgehead atoms. The van der Waals surface area contributed by atoms with Crippen molar-refractivity contribution < 1.29 is 0 Å². The second-order valence-corrected chi connectivity index (χ2v) is 7.73. The number of anilines is 2. The van der Waals surface area contributed by atoms with Gasteiger partial charge < -0.3 is 15.6 Å². The fourth-order valence-corrected chi connectivity index (χ4v) is 4.30. The molecule has 0 aromatic carbocycles. The van der Waals surface area contributed by atoms with E-state index in [1.165, 1.54) is 6.42 Å². The van der Waals surface area contributed by atoms with Crippen LogP contribution >= 0.6 is 0 Å². The first-order valence-corrected chi connectivity index (χ1v) is 9.85. The summed E-state index contributed by atoms with van der Waals surface area (Å²) in [4.78, 5) is 28.9. The molecule has 1 saturated carbocycles. The maximum Gasteiger partial charge on any atom is 0.251 e. The molecule has 4 heterocycles. The van der Waals surface area contributed by atoms with Gasteiger partial charge in [0.25, 0.3) is 5.56 Å². The van der Waals surface area contributed by atoms with E-state index in [0.29, 0.717) is 24.3 Å². The Morgan fingerprint density at radius 3 is 2.86 bits per heavy atom. The fourth-order valence-electron chi connectivity index (χ4n) is 4.30. The summed E-state index contributed by atoms with van der Waals surface area (Å²) in [6, 6.07) is 8.99. The molecular weight excluding hydrogens is 352 g/mol. The molecule has 1 saturated heterocycles. The normalized spacial score (nSPS) is 21.7. The lowest BCUT2D eigenvalue weighted by Crippen LogP contribution is -2.46. The van der Waals surface area contributed by atoms with Crippen molar-refractivity contribution in [3.63, 3.8) is 0 Å². The predicted molar refractivity (Wildman–Crippen MR) is 110 cm³/mol. The molecule has 7 heteroatoms. The molecule has 0 radical (unpaired) electrons.